The van der Waals surface area contributed by atoms with E-state index in [-0.39, 0.29) is 22.8 Å². The number of hydrogen-bond acceptors (Lipinski definition) is 6. The van der Waals surface area contributed by atoms with Crippen molar-refractivity contribution < 1.29 is 13.9 Å². The number of anilines is 4. The number of benzene rings is 1. The van der Waals surface area contributed by atoms with Gasteiger partial charge in [0.1, 0.15) is 5.82 Å². The Hall–Kier alpha value is -2.87. The minimum Gasteiger partial charge on any atom is -0.381 e. The molecule has 3 rings (SSSR count). The van der Waals surface area contributed by atoms with E-state index in [1.165, 1.54) is 6.92 Å². The number of carbonyl (C=O) groups is 1. The van der Waals surface area contributed by atoms with Crippen LogP contribution in [0.1, 0.15) is 15.9 Å². The molecular formula is C17H20FN5O2. The van der Waals surface area contributed by atoms with Gasteiger partial charge in [0.2, 0.25) is 0 Å². The van der Waals surface area contributed by atoms with Crippen LogP contribution in [0.2, 0.25) is 0 Å². The maximum atomic E-state index is 13.9. The Kier molecular flexibility index (Phi) is 4.71. The summed E-state index contributed by atoms with van der Waals surface area (Å²) >= 11 is 0. The van der Waals surface area contributed by atoms with Crippen LogP contribution in [-0.2, 0) is 4.74 Å². The molecule has 0 atom stereocenters. The maximum Gasteiger partial charge on any atom is 0.252 e. The largest absolute Gasteiger partial charge is 0.381 e. The van der Waals surface area contributed by atoms with E-state index in [0.29, 0.717) is 18.9 Å². The molecule has 1 fully saturated rings. The Morgan fingerprint density at radius 1 is 1.28 bits per heavy atom. The molecule has 0 saturated carbocycles. The van der Waals surface area contributed by atoms with Crippen molar-refractivity contribution in [2.24, 2.45) is 5.73 Å². The summed E-state index contributed by atoms with van der Waals surface area (Å²) in [6, 6.07) is 7.62. The molecule has 1 saturated heterocycles. The van der Waals surface area contributed by atoms with E-state index >= 15 is 0 Å². The number of amides is 1. The fourth-order valence-electron chi connectivity index (χ4n) is 2.81. The van der Waals surface area contributed by atoms with Crippen molar-refractivity contribution in [2.75, 3.05) is 42.3 Å². The Balaban J connectivity index is 1.86. The first-order valence-electron chi connectivity index (χ1n) is 7.92. The minimum absolute atomic E-state index is 0.0102. The van der Waals surface area contributed by atoms with Crippen LogP contribution in [0.25, 0.3) is 0 Å². The van der Waals surface area contributed by atoms with E-state index in [0.717, 1.165) is 18.8 Å². The van der Waals surface area contributed by atoms with Crippen LogP contribution >= 0.6 is 0 Å². The summed E-state index contributed by atoms with van der Waals surface area (Å²) < 4.78 is 19.2. The van der Waals surface area contributed by atoms with Gasteiger partial charge in [-0.05, 0) is 31.2 Å². The molecule has 1 aliphatic rings. The summed E-state index contributed by atoms with van der Waals surface area (Å²) in [6.07, 6.45) is 0. The van der Waals surface area contributed by atoms with E-state index in [4.69, 9.17) is 16.2 Å². The molecule has 8 heteroatoms. The minimum atomic E-state index is -0.767. The quantitative estimate of drug-likeness (QED) is 0.780. The van der Waals surface area contributed by atoms with E-state index in [1.807, 2.05) is 24.3 Å². The van der Waals surface area contributed by atoms with Crippen LogP contribution < -0.4 is 21.7 Å². The lowest BCUT2D eigenvalue weighted by atomic mass is 10.1. The van der Waals surface area contributed by atoms with Crippen molar-refractivity contribution in [3.8, 4) is 0 Å². The van der Waals surface area contributed by atoms with Crippen LogP contribution in [-0.4, -0.2) is 37.2 Å². The number of halogens is 1. The molecule has 1 amide bonds. The van der Waals surface area contributed by atoms with Crippen molar-refractivity contribution in [1.29, 1.82) is 0 Å². The zero-order valence-electron chi connectivity index (χ0n) is 13.9. The normalized spacial score (nSPS) is 14.4. The van der Waals surface area contributed by atoms with E-state index in [9.17, 15) is 9.18 Å². The first-order valence-corrected chi connectivity index (χ1v) is 7.92. The van der Waals surface area contributed by atoms with Crippen LogP contribution in [0, 0.1) is 12.7 Å². The lowest BCUT2D eigenvalue weighted by molar-refractivity contribution is 0.0999. The van der Waals surface area contributed by atoms with Crippen molar-refractivity contribution in [2.45, 2.75) is 6.92 Å². The summed E-state index contributed by atoms with van der Waals surface area (Å²) in [6.45, 7) is 4.54. The first kappa shape index (κ1) is 17.0. The van der Waals surface area contributed by atoms with Crippen LogP contribution in [0.3, 0.4) is 0 Å². The molecule has 5 N–H and O–H groups in total. The van der Waals surface area contributed by atoms with Crippen molar-refractivity contribution in [3.63, 3.8) is 0 Å². The van der Waals surface area contributed by atoms with Crippen LogP contribution in [0.4, 0.5) is 27.4 Å². The molecule has 132 valence electrons. The highest BCUT2D eigenvalue weighted by molar-refractivity contribution is 6.00. The Labute approximate surface area is 144 Å². The maximum absolute atomic E-state index is 13.9. The van der Waals surface area contributed by atoms with Gasteiger partial charge >= 0.3 is 0 Å². The third-order valence-electron chi connectivity index (χ3n) is 4.15. The van der Waals surface area contributed by atoms with Gasteiger partial charge in [0.15, 0.2) is 11.6 Å². The number of nitrogens with two attached hydrogens (primary N) is 2. The lowest BCUT2D eigenvalue weighted by Crippen LogP contribution is -2.36. The number of nitrogens with zero attached hydrogens (tertiary/aromatic N) is 2. The summed E-state index contributed by atoms with van der Waals surface area (Å²) in [5.41, 5.74) is 12.8. The zero-order valence-corrected chi connectivity index (χ0v) is 13.9. The predicted octanol–water partition coefficient (Wildman–Crippen LogP) is 1.79. The topological polar surface area (TPSA) is 106 Å². The van der Waals surface area contributed by atoms with Gasteiger partial charge in [-0.25, -0.2) is 9.37 Å². The number of pyridine rings is 1. The smallest absolute Gasteiger partial charge is 0.252 e. The molecule has 2 aromatic rings. The Morgan fingerprint density at radius 3 is 2.52 bits per heavy atom. The first-order chi connectivity index (χ1) is 12.0. The van der Waals surface area contributed by atoms with Gasteiger partial charge in [-0.2, -0.15) is 0 Å². The molecule has 0 radical (unpaired) electrons. The average molecular weight is 345 g/mol. The summed E-state index contributed by atoms with van der Waals surface area (Å²) in [5, 5.41) is 2.99. The van der Waals surface area contributed by atoms with E-state index < -0.39 is 11.7 Å². The Bertz CT molecular complexity index is 789. The zero-order chi connectivity index (χ0) is 18.0. The highest BCUT2D eigenvalue weighted by Gasteiger charge is 2.20. The highest BCUT2D eigenvalue weighted by Crippen LogP contribution is 2.27. The average Bonchev–Trinajstić information content (AvgIpc) is 2.61. The number of morpholine rings is 1. The molecule has 1 aromatic heterocycles. The van der Waals surface area contributed by atoms with Gasteiger partial charge in [0, 0.05) is 30.0 Å². The van der Waals surface area contributed by atoms with Gasteiger partial charge in [-0.15, -0.1) is 0 Å². The number of hydrogen-bond donors (Lipinski definition) is 3. The number of aromatic nitrogens is 1. The number of nitrogens with one attached hydrogen (secondary N) is 1. The van der Waals surface area contributed by atoms with Crippen molar-refractivity contribution in [3.05, 3.63) is 41.2 Å². The van der Waals surface area contributed by atoms with Crippen molar-refractivity contribution in [1.82, 2.24) is 4.98 Å². The van der Waals surface area contributed by atoms with Gasteiger partial charge in [0.05, 0.1) is 18.8 Å². The summed E-state index contributed by atoms with van der Waals surface area (Å²) in [5.74, 6) is -1.64. The predicted molar refractivity (Wildman–Crippen MR) is 94.6 cm³/mol. The molecule has 2 heterocycles. The number of primary amides is 1. The number of rotatable bonds is 4. The summed E-state index contributed by atoms with van der Waals surface area (Å²) in [7, 11) is 0. The lowest BCUT2D eigenvalue weighted by Gasteiger charge is -2.29. The molecule has 1 aliphatic heterocycles. The third kappa shape index (κ3) is 3.48. The molecule has 1 aromatic carbocycles. The monoisotopic (exact) mass is 345 g/mol. The molecular weight excluding hydrogens is 325 g/mol. The second-order valence-corrected chi connectivity index (χ2v) is 5.80. The van der Waals surface area contributed by atoms with E-state index in [1.54, 1.807) is 0 Å². The molecule has 25 heavy (non-hydrogen) atoms. The van der Waals surface area contributed by atoms with Gasteiger partial charge < -0.3 is 26.4 Å². The Morgan fingerprint density at radius 2 is 1.92 bits per heavy atom. The molecule has 0 aliphatic carbocycles. The molecule has 0 bridgehead atoms. The molecule has 7 nitrogen and oxygen atoms in total. The van der Waals surface area contributed by atoms with Gasteiger partial charge in [-0.1, -0.05) is 0 Å². The fraction of sp³-hybridized carbons (Fsp3) is 0.294. The second kappa shape index (κ2) is 6.94. The van der Waals surface area contributed by atoms with E-state index in [2.05, 4.69) is 15.2 Å². The van der Waals surface area contributed by atoms with Gasteiger partial charge in [0.25, 0.3) is 5.91 Å². The van der Waals surface area contributed by atoms with Crippen LogP contribution in [0.15, 0.2) is 24.3 Å². The summed E-state index contributed by atoms with van der Waals surface area (Å²) in [4.78, 5) is 17.8. The fourth-order valence-corrected chi connectivity index (χ4v) is 2.81. The molecule has 0 spiro atoms. The SMILES string of the molecule is Cc1c(F)c(N)nc(Nc2ccc(N3CCOCC3)cc2)c1C(N)=O. The molecule has 0 unspecified atom stereocenters. The number of carbonyl (C=O) groups excluding carboxylic acids is 1. The van der Waals surface area contributed by atoms with Gasteiger partial charge in [-0.3, -0.25) is 4.79 Å². The second-order valence-electron chi connectivity index (χ2n) is 5.80. The highest BCUT2D eigenvalue weighted by atomic mass is 19.1. The third-order valence-corrected chi connectivity index (χ3v) is 4.15. The number of nitrogen functional groups attached to an aromatic ring is 1. The standard InChI is InChI=1S/C17H20FN5O2/c1-10-13(16(20)24)17(22-15(19)14(10)18)21-11-2-4-12(5-3-11)23-6-8-25-9-7-23/h2-5H,6-9H2,1H3,(H2,20,24)(H3,19,21,22). The number of ether oxygens (including phenoxy) is 1. The van der Waals surface area contributed by atoms with Crippen molar-refractivity contribution >= 4 is 28.9 Å². The van der Waals surface area contributed by atoms with Crippen LogP contribution in [0.5, 0.6) is 0 Å².